The van der Waals surface area contributed by atoms with Crippen molar-refractivity contribution in [1.29, 1.82) is 0 Å². The zero-order valence-electron chi connectivity index (χ0n) is 16.5. The first kappa shape index (κ1) is 19.7. The molecule has 0 radical (unpaired) electrons. The van der Waals surface area contributed by atoms with Crippen molar-refractivity contribution in [2.24, 2.45) is 5.92 Å². The molecule has 2 atom stereocenters. The Morgan fingerprint density at radius 3 is 2.66 bits per heavy atom. The molecule has 0 spiro atoms. The number of hydrogen-bond acceptors (Lipinski definition) is 4. The Morgan fingerprint density at radius 1 is 1.17 bits per heavy atom. The van der Waals surface area contributed by atoms with Crippen molar-refractivity contribution in [3.63, 3.8) is 0 Å². The number of carboxylic acid groups (broad SMARTS) is 1. The van der Waals surface area contributed by atoms with Gasteiger partial charge in [0.1, 0.15) is 0 Å². The third-order valence-corrected chi connectivity index (χ3v) is 6.12. The van der Waals surface area contributed by atoms with Crippen molar-refractivity contribution in [1.82, 2.24) is 15.5 Å². The van der Waals surface area contributed by atoms with Gasteiger partial charge in [-0.2, -0.15) is 0 Å². The number of aliphatic carboxylic acids is 1. The SMILES string of the molecule is O=C(O)C[C@H]1CC[C@@H](CNC(=O)c2cccc(N3CCNC3=O)c2)N1CC1CC1. The van der Waals surface area contributed by atoms with Crippen LogP contribution in [0.1, 0.15) is 42.5 Å². The number of hydrogen-bond donors (Lipinski definition) is 3. The van der Waals surface area contributed by atoms with Gasteiger partial charge in [0.05, 0.1) is 6.42 Å². The summed E-state index contributed by atoms with van der Waals surface area (Å²) in [5.74, 6) is -0.256. The first-order chi connectivity index (χ1) is 14.0. The van der Waals surface area contributed by atoms with Gasteiger partial charge in [-0.25, -0.2) is 4.79 Å². The average Bonchev–Trinajstić information content (AvgIpc) is 3.31. The first-order valence-corrected chi connectivity index (χ1v) is 10.4. The van der Waals surface area contributed by atoms with E-state index in [9.17, 15) is 19.5 Å². The van der Waals surface area contributed by atoms with Crippen LogP contribution in [-0.4, -0.2) is 66.2 Å². The van der Waals surface area contributed by atoms with Crippen molar-refractivity contribution >= 4 is 23.6 Å². The van der Waals surface area contributed by atoms with Gasteiger partial charge in [-0.05, 0) is 49.8 Å². The van der Waals surface area contributed by atoms with Crippen molar-refractivity contribution in [2.75, 3.05) is 31.1 Å². The smallest absolute Gasteiger partial charge is 0.321 e. The summed E-state index contributed by atoms with van der Waals surface area (Å²) in [5, 5.41) is 15.0. The second-order valence-electron chi connectivity index (χ2n) is 8.27. The maximum absolute atomic E-state index is 12.7. The monoisotopic (exact) mass is 400 g/mol. The number of nitrogens with one attached hydrogen (secondary N) is 2. The molecule has 0 aromatic heterocycles. The molecule has 4 rings (SSSR count). The van der Waals surface area contributed by atoms with Crippen LogP contribution < -0.4 is 15.5 Å². The number of nitrogens with zero attached hydrogens (tertiary/aromatic N) is 2. The summed E-state index contributed by atoms with van der Waals surface area (Å²) in [5.41, 5.74) is 1.24. The summed E-state index contributed by atoms with van der Waals surface area (Å²) in [6.07, 6.45) is 4.35. The minimum atomic E-state index is -0.761. The van der Waals surface area contributed by atoms with Crippen LogP contribution in [0.2, 0.25) is 0 Å². The van der Waals surface area contributed by atoms with Crippen LogP contribution in [0.4, 0.5) is 10.5 Å². The molecule has 3 N–H and O–H groups in total. The molecule has 3 fully saturated rings. The highest BCUT2D eigenvalue weighted by Crippen LogP contribution is 2.35. The van der Waals surface area contributed by atoms with E-state index in [1.807, 2.05) is 6.07 Å². The van der Waals surface area contributed by atoms with Gasteiger partial charge in [0.2, 0.25) is 0 Å². The average molecular weight is 400 g/mol. The minimum Gasteiger partial charge on any atom is -0.481 e. The zero-order chi connectivity index (χ0) is 20.4. The third kappa shape index (κ3) is 4.70. The summed E-state index contributed by atoms with van der Waals surface area (Å²) >= 11 is 0. The van der Waals surface area contributed by atoms with Gasteiger partial charge in [-0.3, -0.25) is 19.4 Å². The van der Waals surface area contributed by atoms with Crippen LogP contribution in [0.25, 0.3) is 0 Å². The van der Waals surface area contributed by atoms with E-state index in [0.717, 1.165) is 19.4 Å². The molecule has 8 heteroatoms. The topological polar surface area (TPSA) is 102 Å². The fourth-order valence-corrected chi connectivity index (χ4v) is 4.40. The standard InChI is InChI=1S/C21H28N4O4/c26-19(27)11-17-6-7-18(25(17)13-14-4-5-14)12-23-20(28)15-2-1-3-16(10-15)24-9-8-22-21(24)29/h1-3,10,14,17-18H,4-9,11-13H2,(H,22,29)(H,23,28)(H,26,27)/t17-,18+/m1/s1. The fourth-order valence-electron chi connectivity index (χ4n) is 4.40. The highest BCUT2D eigenvalue weighted by Gasteiger charge is 2.38. The first-order valence-electron chi connectivity index (χ1n) is 10.4. The molecule has 1 aromatic carbocycles. The molecule has 156 valence electrons. The predicted octanol–water partition coefficient (Wildman–Crippen LogP) is 1.66. The van der Waals surface area contributed by atoms with E-state index < -0.39 is 5.97 Å². The Labute approximate surface area is 170 Å². The summed E-state index contributed by atoms with van der Waals surface area (Å²) in [6.45, 7) is 2.63. The predicted molar refractivity (Wildman–Crippen MR) is 108 cm³/mol. The molecule has 1 aromatic rings. The highest BCUT2D eigenvalue weighted by atomic mass is 16.4. The molecular weight excluding hydrogens is 372 g/mol. The number of anilines is 1. The quantitative estimate of drug-likeness (QED) is 0.616. The van der Waals surface area contributed by atoms with E-state index in [1.165, 1.54) is 12.8 Å². The van der Waals surface area contributed by atoms with Crippen molar-refractivity contribution in [3.8, 4) is 0 Å². The Hall–Kier alpha value is -2.61. The van der Waals surface area contributed by atoms with Crippen LogP contribution in [0, 0.1) is 5.92 Å². The van der Waals surface area contributed by atoms with E-state index in [4.69, 9.17) is 0 Å². The lowest BCUT2D eigenvalue weighted by Gasteiger charge is -2.29. The molecule has 1 saturated carbocycles. The molecule has 3 aliphatic rings. The van der Waals surface area contributed by atoms with E-state index in [2.05, 4.69) is 15.5 Å². The number of carbonyl (C=O) groups is 3. The normalized spacial score (nSPS) is 24.6. The van der Waals surface area contributed by atoms with Crippen molar-refractivity contribution in [2.45, 2.75) is 44.2 Å². The number of carboxylic acids is 1. The summed E-state index contributed by atoms with van der Waals surface area (Å²) < 4.78 is 0. The van der Waals surface area contributed by atoms with E-state index >= 15 is 0 Å². The number of carbonyl (C=O) groups excluding carboxylic acids is 2. The van der Waals surface area contributed by atoms with Gasteiger partial charge in [-0.15, -0.1) is 0 Å². The second kappa shape index (κ2) is 8.41. The Bertz CT molecular complexity index is 795. The molecule has 29 heavy (non-hydrogen) atoms. The second-order valence-corrected chi connectivity index (χ2v) is 8.27. The third-order valence-electron chi connectivity index (χ3n) is 6.12. The van der Waals surface area contributed by atoms with Gasteiger partial charge in [0.25, 0.3) is 5.91 Å². The Morgan fingerprint density at radius 2 is 1.97 bits per heavy atom. The van der Waals surface area contributed by atoms with Crippen LogP contribution in [0.5, 0.6) is 0 Å². The maximum atomic E-state index is 12.7. The summed E-state index contributed by atoms with van der Waals surface area (Å²) in [6, 6.07) is 7.19. The van der Waals surface area contributed by atoms with Gasteiger partial charge in [0.15, 0.2) is 0 Å². The molecule has 2 aliphatic heterocycles. The van der Waals surface area contributed by atoms with Crippen LogP contribution >= 0.6 is 0 Å². The van der Waals surface area contributed by atoms with Gasteiger partial charge >= 0.3 is 12.0 Å². The molecule has 8 nitrogen and oxygen atoms in total. The lowest BCUT2D eigenvalue weighted by atomic mass is 10.1. The lowest BCUT2D eigenvalue weighted by Crippen LogP contribution is -2.44. The lowest BCUT2D eigenvalue weighted by molar-refractivity contribution is -0.138. The van der Waals surface area contributed by atoms with Crippen LogP contribution in [0.15, 0.2) is 24.3 Å². The van der Waals surface area contributed by atoms with Crippen LogP contribution in [0.3, 0.4) is 0 Å². The number of benzene rings is 1. The molecule has 0 bridgehead atoms. The van der Waals surface area contributed by atoms with E-state index in [0.29, 0.717) is 36.8 Å². The van der Waals surface area contributed by atoms with Crippen LogP contribution in [-0.2, 0) is 4.79 Å². The van der Waals surface area contributed by atoms with Gasteiger partial charge in [-0.1, -0.05) is 6.07 Å². The van der Waals surface area contributed by atoms with Gasteiger partial charge < -0.3 is 15.7 Å². The van der Waals surface area contributed by atoms with Crippen molar-refractivity contribution in [3.05, 3.63) is 29.8 Å². The minimum absolute atomic E-state index is 0.0620. The number of rotatable bonds is 8. The van der Waals surface area contributed by atoms with E-state index in [1.54, 1.807) is 23.1 Å². The molecular formula is C21H28N4O4. The van der Waals surface area contributed by atoms with E-state index in [-0.39, 0.29) is 30.4 Å². The molecule has 0 unspecified atom stereocenters. The maximum Gasteiger partial charge on any atom is 0.321 e. The Kier molecular flexibility index (Phi) is 5.71. The highest BCUT2D eigenvalue weighted by molar-refractivity contribution is 5.98. The number of amides is 3. The summed E-state index contributed by atoms with van der Waals surface area (Å²) in [4.78, 5) is 39.7. The Balaban J connectivity index is 1.37. The number of urea groups is 1. The fraction of sp³-hybridized carbons (Fsp3) is 0.571. The summed E-state index contributed by atoms with van der Waals surface area (Å²) in [7, 11) is 0. The zero-order valence-corrected chi connectivity index (χ0v) is 16.5. The molecule has 3 amide bonds. The molecule has 2 saturated heterocycles. The number of likely N-dealkylation sites (tertiary alicyclic amines) is 1. The molecule has 1 aliphatic carbocycles. The van der Waals surface area contributed by atoms with Gasteiger partial charge in [0, 0.05) is 49.5 Å². The molecule has 2 heterocycles. The van der Waals surface area contributed by atoms with Crippen molar-refractivity contribution < 1.29 is 19.5 Å². The largest absolute Gasteiger partial charge is 0.481 e.